The lowest BCUT2D eigenvalue weighted by atomic mass is 10.2. The summed E-state index contributed by atoms with van der Waals surface area (Å²) >= 11 is 0. The highest BCUT2D eigenvalue weighted by Gasteiger charge is 2.06. The molecule has 1 atom stereocenters. The molecule has 0 saturated carbocycles. The van der Waals surface area contributed by atoms with Crippen LogP contribution < -0.4 is 5.32 Å². The van der Waals surface area contributed by atoms with Gasteiger partial charge in [0.1, 0.15) is 17.3 Å². The van der Waals surface area contributed by atoms with E-state index in [4.69, 9.17) is 0 Å². The Kier molecular flexibility index (Phi) is 3.94. The number of aromatic nitrogens is 2. The maximum atomic E-state index is 9.68. The Morgan fingerprint density at radius 1 is 1.32 bits per heavy atom. The predicted octanol–water partition coefficient (Wildman–Crippen LogP) is 2.88. The van der Waals surface area contributed by atoms with Crippen molar-refractivity contribution in [3.63, 3.8) is 0 Å². The molecule has 1 aromatic carbocycles. The molecular weight excluding hydrogens is 242 g/mol. The number of nitrogens with one attached hydrogen (secondary N) is 1. The Bertz CT molecular complexity index is 551. The number of benzene rings is 1. The van der Waals surface area contributed by atoms with Gasteiger partial charge in [0.15, 0.2) is 0 Å². The van der Waals surface area contributed by atoms with Crippen molar-refractivity contribution >= 4 is 5.82 Å². The number of phenols is 2. The van der Waals surface area contributed by atoms with Gasteiger partial charge in [-0.3, -0.25) is 4.68 Å². The van der Waals surface area contributed by atoms with E-state index < -0.39 is 0 Å². The van der Waals surface area contributed by atoms with Gasteiger partial charge in [-0.2, -0.15) is 5.10 Å². The number of hydrogen-bond donors (Lipinski definition) is 3. The highest BCUT2D eigenvalue weighted by atomic mass is 16.3. The van der Waals surface area contributed by atoms with Gasteiger partial charge in [-0.05, 0) is 25.5 Å². The lowest BCUT2D eigenvalue weighted by Gasteiger charge is -2.09. The minimum Gasteiger partial charge on any atom is -0.508 e. The van der Waals surface area contributed by atoms with Crippen molar-refractivity contribution in [3.8, 4) is 11.5 Å². The van der Waals surface area contributed by atoms with Gasteiger partial charge >= 0.3 is 0 Å². The molecule has 0 saturated heterocycles. The van der Waals surface area contributed by atoms with Crippen LogP contribution >= 0.6 is 0 Å². The monoisotopic (exact) mass is 261 g/mol. The fourth-order valence-corrected chi connectivity index (χ4v) is 1.75. The quantitative estimate of drug-likeness (QED) is 0.774. The summed E-state index contributed by atoms with van der Waals surface area (Å²) in [5.41, 5.74) is 0.718. The van der Waals surface area contributed by atoms with E-state index in [9.17, 15) is 10.2 Å². The molecule has 3 N–H and O–H groups in total. The summed E-state index contributed by atoms with van der Waals surface area (Å²) in [5, 5.41) is 26.5. The van der Waals surface area contributed by atoms with Crippen LogP contribution in [0.5, 0.6) is 11.5 Å². The molecule has 0 unspecified atom stereocenters. The summed E-state index contributed by atoms with van der Waals surface area (Å²) < 4.78 is 1.92. The predicted molar refractivity (Wildman–Crippen MR) is 74.3 cm³/mol. The first-order valence-corrected chi connectivity index (χ1v) is 6.40. The molecule has 5 heteroatoms. The molecule has 0 radical (unpaired) electrons. The minimum atomic E-state index is 0.0577. The fraction of sp³-hybridized carbons (Fsp3) is 0.357. The van der Waals surface area contributed by atoms with Crippen LogP contribution in [-0.2, 0) is 6.54 Å². The molecule has 2 aromatic rings. The van der Waals surface area contributed by atoms with Gasteiger partial charge in [0.2, 0.25) is 0 Å². The Morgan fingerprint density at radius 2 is 2.11 bits per heavy atom. The first kappa shape index (κ1) is 13.3. The lowest BCUT2D eigenvalue weighted by molar-refractivity contribution is 0.446. The Balaban J connectivity index is 2.00. The van der Waals surface area contributed by atoms with Gasteiger partial charge in [0, 0.05) is 36.5 Å². The van der Waals surface area contributed by atoms with E-state index in [0.717, 1.165) is 17.8 Å². The van der Waals surface area contributed by atoms with Gasteiger partial charge in [0.25, 0.3) is 0 Å². The summed E-state index contributed by atoms with van der Waals surface area (Å²) in [5.74, 6) is 0.906. The lowest BCUT2D eigenvalue weighted by Crippen LogP contribution is -2.06. The molecule has 0 bridgehead atoms. The molecule has 0 spiro atoms. The third-order valence-electron chi connectivity index (χ3n) is 3.18. The van der Waals surface area contributed by atoms with Gasteiger partial charge < -0.3 is 15.5 Å². The van der Waals surface area contributed by atoms with E-state index in [0.29, 0.717) is 12.6 Å². The molecule has 0 fully saturated rings. The molecule has 102 valence electrons. The zero-order valence-electron chi connectivity index (χ0n) is 11.2. The van der Waals surface area contributed by atoms with Crippen LogP contribution in [0.4, 0.5) is 5.82 Å². The number of nitrogens with zero attached hydrogens (tertiary/aromatic N) is 2. The van der Waals surface area contributed by atoms with Crippen LogP contribution in [0, 0.1) is 0 Å². The number of hydrogen-bond acceptors (Lipinski definition) is 4. The number of rotatable bonds is 5. The molecule has 0 aliphatic carbocycles. The highest BCUT2D eigenvalue weighted by molar-refractivity contribution is 5.42. The molecule has 5 nitrogen and oxygen atoms in total. The Labute approximate surface area is 112 Å². The highest BCUT2D eigenvalue weighted by Crippen LogP contribution is 2.23. The molecule has 1 aromatic heterocycles. The van der Waals surface area contributed by atoms with E-state index in [-0.39, 0.29) is 11.5 Å². The fourth-order valence-electron chi connectivity index (χ4n) is 1.75. The molecule has 2 rings (SSSR count). The Morgan fingerprint density at radius 3 is 2.79 bits per heavy atom. The van der Waals surface area contributed by atoms with Gasteiger partial charge in [-0.15, -0.1) is 0 Å². The first-order chi connectivity index (χ1) is 9.10. The molecule has 19 heavy (non-hydrogen) atoms. The van der Waals surface area contributed by atoms with Crippen LogP contribution in [0.3, 0.4) is 0 Å². The smallest absolute Gasteiger partial charge is 0.148 e. The summed E-state index contributed by atoms with van der Waals surface area (Å²) in [7, 11) is 0. The van der Waals surface area contributed by atoms with Crippen molar-refractivity contribution in [2.75, 3.05) is 5.32 Å². The zero-order valence-corrected chi connectivity index (χ0v) is 11.2. The van der Waals surface area contributed by atoms with Crippen molar-refractivity contribution < 1.29 is 10.2 Å². The largest absolute Gasteiger partial charge is 0.508 e. The van der Waals surface area contributed by atoms with Crippen LogP contribution in [0.2, 0.25) is 0 Å². The van der Waals surface area contributed by atoms with E-state index in [1.165, 1.54) is 6.07 Å². The summed E-state index contributed by atoms with van der Waals surface area (Å²) in [4.78, 5) is 0. The third-order valence-corrected chi connectivity index (χ3v) is 3.18. The molecular formula is C14H19N3O2. The van der Waals surface area contributed by atoms with Crippen LogP contribution in [0.1, 0.15) is 31.9 Å². The zero-order chi connectivity index (χ0) is 13.8. The van der Waals surface area contributed by atoms with E-state index in [1.807, 2.05) is 16.9 Å². The van der Waals surface area contributed by atoms with Crippen molar-refractivity contribution in [1.82, 2.24) is 9.78 Å². The second kappa shape index (κ2) is 5.65. The average Bonchev–Trinajstić information content (AvgIpc) is 2.85. The molecule has 0 aliphatic heterocycles. The van der Waals surface area contributed by atoms with Crippen LogP contribution in [0.25, 0.3) is 0 Å². The van der Waals surface area contributed by atoms with Crippen molar-refractivity contribution in [2.45, 2.75) is 32.9 Å². The SMILES string of the molecule is CC[C@@H](C)n1ccc(NCc2ccc(O)cc2O)n1. The number of anilines is 1. The molecule has 1 heterocycles. The van der Waals surface area contributed by atoms with E-state index in [1.54, 1.807) is 12.1 Å². The van der Waals surface area contributed by atoms with E-state index in [2.05, 4.69) is 24.3 Å². The maximum absolute atomic E-state index is 9.68. The van der Waals surface area contributed by atoms with Crippen LogP contribution in [-0.4, -0.2) is 20.0 Å². The Hall–Kier alpha value is -2.17. The van der Waals surface area contributed by atoms with Crippen molar-refractivity contribution in [2.24, 2.45) is 0 Å². The average molecular weight is 261 g/mol. The maximum Gasteiger partial charge on any atom is 0.148 e. The standard InChI is InChI=1S/C14H19N3O2/c1-3-10(2)17-7-6-14(16-17)15-9-11-4-5-12(18)8-13(11)19/h4-8,10,18-19H,3,9H2,1-2H3,(H,15,16)/t10-/m1/s1. The summed E-state index contributed by atoms with van der Waals surface area (Å²) in [6.07, 6.45) is 2.97. The van der Waals surface area contributed by atoms with Gasteiger partial charge in [-0.1, -0.05) is 6.92 Å². The van der Waals surface area contributed by atoms with Gasteiger partial charge in [-0.25, -0.2) is 0 Å². The summed E-state index contributed by atoms with van der Waals surface area (Å²) in [6, 6.07) is 6.84. The minimum absolute atomic E-state index is 0.0577. The second-order valence-corrected chi connectivity index (χ2v) is 4.60. The normalized spacial score (nSPS) is 12.3. The molecule has 0 amide bonds. The van der Waals surface area contributed by atoms with Crippen molar-refractivity contribution in [1.29, 1.82) is 0 Å². The topological polar surface area (TPSA) is 70.3 Å². The van der Waals surface area contributed by atoms with Gasteiger partial charge in [0.05, 0.1) is 0 Å². The second-order valence-electron chi connectivity index (χ2n) is 4.60. The van der Waals surface area contributed by atoms with Crippen molar-refractivity contribution in [3.05, 3.63) is 36.0 Å². The first-order valence-electron chi connectivity index (χ1n) is 6.40. The number of phenolic OH excluding ortho intramolecular Hbond substituents is 2. The molecule has 0 aliphatic rings. The summed E-state index contributed by atoms with van der Waals surface area (Å²) in [6.45, 7) is 4.69. The third kappa shape index (κ3) is 3.19. The van der Waals surface area contributed by atoms with E-state index >= 15 is 0 Å². The number of aromatic hydroxyl groups is 2. The van der Waals surface area contributed by atoms with Crippen LogP contribution in [0.15, 0.2) is 30.5 Å².